The zero-order valence-corrected chi connectivity index (χ0v) is 47.0. The van der Waals surface area contributed by atoms with Crippen LogP contribution in [0.5, 0.6) is 0 Å². The van der Waals surface area contributed by atoms with Crippen LogP contribution in [0.4, 0.5) is 0 Å². The first-order valence-electron chi connectivity index (χ1n) is 28.2. The summed E-state index contributed by atoms with van der Waals surface area (Å²) in [5.41, 5.74) is 13.2. The molecule has 0 aliphatic carbocycles. The number of fused-ring (bicyclic) bond motifs is 2. The van der Waals surface area contributed by atoms with Crippen molar-refractivity contribution < 1.29 is 47.9 Å². The predicted octanol–water partition coefficient (Wildman–Crippen LogP) is 0.202. The van der Waals surface area contributed by atoms with Crippen molar-refractivity contribution in [1.82, 2.24) is 52.3 Å². The number of nitrogens with zero attached hydrogens (tertiary/aromatic N) is 2. The molecule has 3 saturated heterocycles. The van der Waals surface area contributed by atoms with Crippen molar-refractivity contribution in [3.05, 3.63) is 71.8 Å². The van der Waals surface area contributed by atoms with Gasteiger partial charge in [-0.1, -0.05) is 102 Å². The number of amides is 10. The Morgan fingerprint density at radius 2 is 0.823 bits per heavy atom. The SMILES string of the molecule is CC(C)C[C@@H]1NC(=O)[C@H](CCCN)NC(=O)[C@H](C(C)C)NC(=O)[C@@H]2CCCN2C(=O)[C@@H](Cc2ccccc2)NC(=O)[C@H](C)NC(=O)[C@H](CCCN)NC(=O)[C@H](C(C)C)NC(=O)[C@@H]2CCCN2C(=O)[C@@H](Cc2ccccc2)NC1=O. The second kappa shape index (κ2) is 30.4. The number of nitrogens with one attached hydrogen (secondary N) is 8. The molecule has 3 aliphatic rings. The lowest BCUT2D eigenvalue weighted by Crippen LogP contribution is -2.62. The van der Waals surface area contributed by atoms with E-state index in [1.807, 2.05) is 19.9 Å². The molecular formula is C57H86N12O10. The van der Waals surface area contributed by atoms with Crippen LogP contribution in [0.2, 0.25) is 0 Å². The molecule has 79 heavy (non-hydrogen) atoms. The van der Waals surface area contributed by atoms with Crippen molar-refractivity contribution in [1.29, 1.82) is 0 Å². The minimum absolute atomic E-state index is 0.0262. The first-order valence-corrected chi connectivity index (χ1v) is 28.2. The van der Waals surface area contributed by atoms with E-state index in [0.717, 1.165) is 0 Å². The molecule has 22 nitrogen and oxygen atoms in total. The summed E-state index contributed by atoms with van der Waals surface area (Å²) in [5.74, 6) is -7.71. The van der Waals surface area contributed by atoms with Gasteiger partial charge in [-0.15, -0.1) is 0 Å². The Kier molecular flexibility index (Phi) is 24.2. The summed E-state index contributed by atoms with van der Waals surface area (Å²) in [7, 11) is 0. The molecule has 0 saturated carbocycles. The minimum Gasteiger partial charge on any atom is -0.343 e. The van der Waals surface area contributed by atoms with Crippen molar-refractivity contribution in [2.75, 3.05) is 26.2 Å². The normalized spacial score (nSPS) is 27.0. The zero-order chi connectivity index (χ0) is 57.9. The summed E-state index contributed by atoms with van der Waals surface area (Å²) in [6.07, 6.45) is 2.32. The first kappa shape index (κ1) is 62.9. The molecule has 3 heterocycles. The second-order valence-corrected chi connectivity index (χ2v) is 22.2. The molecular weight excluding hydrogens is 1010 g/mol. The Labute approximate surface area is 464 Å². The molecule has 10 atom stereocenters. The van der Waals surface area contributed by atoms with Crippen LogP contribution in [0.25, 0.3) is 0 Å². The van der Waals surface area contributed by atoms with E-state index < -0.39 is 131 Å². The lowest BCUT2D eigenvalue weighted by molar-refractivity contribution is -0.143. The molecule has 0 spiro atoms. The Bertz CT molecular complexity index is 2430. The smallest absolute Gasteiger partial charge is 0.246 e. The van der Waals surface area contributed by atoms with E-state index in [2.05, 4.69) is 42.5 Å². The van der Waals surface area contributed by atoms with Crippen LogP contribution in [-0.4, -0.2) is 155 Å². The van der Waals surface area contributed by atoms with Crippen molar-refractivity contribution in [3.63, 3.8) is 0 Å². The van der Waals surface area contributed by atoms with E-state index >= 15 is 0 Å². The van der Waals surface area contributed by atoms with E-state index in [1.54, 1.807) is 82.3 Å². The quantitative estimate of drug-likeness (QED) is 0.121. The minimum atomic E-state index is -1.24. The Morgan fingerprint density at radius 3 is 1.22 bits per heavy atom. The average molecular weight is 1100 g/mol. The van der Waals surface area contributed by atoms with Gasteiger partial charge in [-0.2, -0.15) is 0 Å². The van der Waals surface area contributed by atoms with Gasteiger partial charge >= 0.3 is 0 Å². The number of carbonyl (C=O) groups is 10. The van der Waals surface area contributed by atoms with Crippen molar-refractivity contribution in [3.8, 4) is 0 Å². The molecule has 0 aromatic heterocycles. The Morgan fingerprint density at radius 1 is 0.456 bits per heavy atom. The summed E-state index contributed by atoms with van der Waals surface area (Å²) >= 11 is 0. The standard InChI is InChI=1S/C57H86N12O10/c1-33(2)30-41-51(73)65-43(32-38-20-12-9-13-21-38)57(79)69-29-17-25-45(69)53(75)66-46(34(3)4)54(76)61-39(22-14-26-58)49(71)60-36(7)48(70)64-42(31-37-18-10-8-11-19-37)56(78)68-28-16-24-44(68)52(74)67-47(35(5)6)55(77)62-40(23-15-27-59)50(72)63-41/h8-13,18-21,33-36,39-47H,14-17,22-32,58-59H2,1-7H3,(H,60,71)(H,61,76)(H,62,77)(H,63,72)(H,64,70)(H,65,73)(H,66,75)(H,67,74)/t36-,39-,40-,41-,42+,43+,44-,45-,46-,47-/m0/s1. The molecule has 0 unspecified atom stereocenters. The van der Waals surface area contributed by atoms with Gasteiger partial charge in [-0.3, -0.25) is 47.9 Å². The number of carbonyl (C=O) groups excluding carboxylic acids is 10. The molecule has 12 N–H and O–H groups in total. The molecule has 5 rings (SSSR count). The highest BCUT2D eigenvalue weighted by Crippen LogP contribution is 2.23. The summed E-state index contributed by atoms with van der Waals surface area (Å²) in [4.78, 5) is 147. The van der Waals surface area contributed by atoms with E-state index in [0.29, 0.717) is 36.8 Å². The van der Waals surface area contributed by atoms with Gasteiger partial charge in [0.15, 0.2) is 0 Å². The lowest BCUT2D eigenvalue weighted by Gasteiger charge is -2.32. The topological polar surface area (TPSA) is 325 Å². The highest BCUT2D eigenvalue weighted by molar-refractivity contribution is 6.00. The van der Waals surface area contributed by atoms with Crippen molar-refractivity contribution in [2.24, 2.45) is 29.2 Å². The van der Waals surface area contributed by atoms with Crippen LogP contribution in [0.15, 0.2) is 60.7 Å². The maximum atomic E-state index is 14.8. The van der Waals surface area contributed by atoms with Gasteiger partial charge in [0.2, 0.25) is 59.1 Å². The third-order valence-corrected chi connectivity index (χ3v) is 14.7. The molecule has 22 heteroatoms. The van der Waals surface area contributed by atoms with E-state index in [9.17, 15) is 47.9 Å². The maximum absolute atomic E-state index is 14.8. The van der Waals surface area contributed by atoms with Gasteiger partial charge < -0.3 is 63.8 Å². The number of benzene rings is 2. The Balaban J connectivity index is 1.55. The van der Waals surface area contributed by atoms with Crippen LogP contribution in [-0.2, 0) is 60.8 Å². The van der Waals surface area contributed by atoms with Crippen LogP contribution in [0, 0.1) is 17.8 Å². The first-order chi connectivity index (χ1) is 37.6. The third-order valence-electron chi connectivity index (χ3n) is 14.7. The molecule has 0 bridgehead atoms. The number of hydrogen-bond acceptors (Lipinski definition) is 12. The van der Waals surface area contributed by atoms with Crippen LogP contribution in [0.1, 0.15) is 117 Å². The monoisotopic (exact) mass is 1100 g/mol. The fourth-order valence-electron chi connectivity index (χ4n) is 10.3. The van der Waals surface area contributed by atoms with Gasteiger partial charge in [-0.25, -0.2) is 0 Å². The molecule has 0 radical (unpaired) electrons. The van der Waals surface area contributed by atoms with E-state index in [4.69, 9.17) is 11.5 Å². The predicted molar refractivity (Wildman–Crippen MR) is 297 cm³/mol. The average Bonchev–Trinajstić information content (AvgIpc) is 4.12. The zero-order valence-electron chi connectivity index (χ0n) is 47.0. The summed E-state index contributed by atoms with van der Waals surface area (Å²) in [6.45, 7) is 12.7. The Hall–Kier alpha value is -6.94. The number of rotatable bonds is 14. The maximum Gasteiger partial charge on any atom is 0.246 e. The van der Waals surface area contributed by atoms with Gasteiger partial charge in [-0.05, 0) is 107 Å². The second-order valence-electron chi connectivity index (χ2n) is 22.2. The molecule has 2 aromatic rings. The van der Waals surface area contributed by atoms with Gasteiger partial charge in [0.05, 0.1) is 0 Å². The fourth-order valence-corrected chi connectivity index (χ4v) is 10.3. The highest BCUT2D eigenvalue weighted by Gasteiger charge is 2.43. The van der Waals surface area contributed by atoms with Gasteiger partial charge in [0.25, 0.3) is 0 Å². The van der Waals surface area contributed by atoms with Crippen LogP contribution in [0.3, 0.4) is 0 Å². The number of hydrogen-bond donors (Lipinski definition) is 10. The van der Waals surface area contributed by atoms with E-state index in [1.165, 1.54) is 16.7 Å². The van der Waals surface area contributed by atoms with Crippen molar-refractivity contribution >= 4 is 59.1 Å². The number of nitrogens with two attached hydrogens (primary N) is 2. The molecule has 3 aliphatic heterocycles. The van der Waals surface area contributed by atoms with Crippen molar-refractivity contribution in [2.45, 2.75) is 180 Å². The molecule has 434 valence electrons. The molecule has 10 amide bonds. The highest BCUT2D eigenvalue weighted by atomic mass is 16.2. The van der Waals surface area contributed by atoms with Gasteiger partial charge in [0.1, 0.15) is 60.4 Å². The lowest BCUT2D eigenvalue weighted by atomic mass is 9.99. The largest absolute Gasteiger partial charge is 0.343 e. The molecule has 3 fully saturated rings. The van der Waals surface area contributed by atoms with Crippen LogP contribution < -0.4 is 54.0 Å². The molecule has 2 aromatic carbocycles. The van der Waals surface area contributed by atoms with Crippen LogP contribution >= 0.6 is 0 Å². The fraction of sp³-hybridized carbons (Fsp3) is 0.614. The van der Waals surface area contributed by atoms with Gasteiger partial charge in [0, 0.05) is 25.9 Å². The van der Waals surface area contributed by atoms with E-state index in [-0.39, 0.29) is 77.0 Å². The summed E-state index contributed by atoms with van der Waals surface area (Å²) < 4.78 is 0. The third kappa shape index (κ3) is 18.0. The summed E-state index contributed by atoms with van der Waals surface area (Å²) in [5, 5.41) is 22.4. The summed E-state index contributed by atoms with van der Waals surface area (Å²) in [6, 6.07) is 6.21.